The van der Waals surface area contributed by atoms with Crippen molar-refractivity contribution in [1.29, 1.82) is 0 Å². The number of furan rings is 1. The third-order valence-electron chi connectivity index (χ3n) is 3.98. The van der Waals surface area contributed by atoms with E-state index >= 15 is 0 Å². The van der Waals surface area contributed by atoms with Crippen molar-refractivity contribution in [3.8, 4) is 11.5 Å². The number of fused-ring (bicyclic) bond motifs is 1. The van der Waals surface area contributed by atoms with Gasteiger partial charge >= 0.3 is 0 Å². The lowest BCUT2D eigenvalue weighted by atomic mass is 10.2. The molecule has 1 N–H and O–H groups in total. The number of hydrogen-bond donors (Lipinski definition) is 1. The zero-order chi connectivity index (χ0) is 14.4. The lowest BCUT2D eigenvalue weighted by molar-refractivity contribution is 0.451. The van der Waals surface area contributed by atoms with Crippen LogP contribution in [0, 0.1) is 6.92 Å². The van der Waals surface area contributed by atoms with E-state index in [9.17, 15) is 5.11 Å². The second kappa shape index (κ2) is 4.30. The molecule has 0 aliphatic rings. The summed E-state index contributed by atoms with van der Waals surface area (Å²) in [5.74, 6) is 1.57. The van der Waals surface area contributed by atoms with Crippen LogP contribution in [0.5, 0.6) is 11.5 Å². The third-order valence-corrected chi connectivity index (χ3v) is 8.34. The molecule has 2 rings (SSSR count). The van der Waals surface area contributed by atoms with Gasteiger partial charge < -0.3 is 13.9 Å². The van der Waals surface area contributed by atoms with Crippen molar-refractivity contribution < 1.29 is 13.9 Å². The molecule has 0 saturated carbocycles. The Kier molecular flexibility index (Phi) is 3.17. The number of aryl methyl sites for hydroxylation is 1. The van der Waals surface area contributed by atoms with Gasteiger partial charge in [0.1, 0.15) is 17.1 Å². The maximum Gasteiger partial charge on any atom is 0.250 e. The highest BCUT2D eigenvalue weighted by Crippen LogP contribution is 2.39. The van der Waals surface area contributed by atoms with Crippen molar-refractivity contribution >= 4 is 19.3 Å². The molecule has 4 heteroatoms. The van der Waals surface area contributed by atoms with Gasteiger partial charge in [0, 0.05) is 6.07 Å². The highest BCUT2D eigenvalue weighted by molar-refractivity contribution is 6.74. The molecule has 0 aliphatic carbocycles. The second-order valence-corrected chi connectivity index (χ2v) is 11.3. The molecule has 1 aromatic carbocycles. The van der Waals surface area contributed by atoms with Gasteiger partial charge in [-0.3, -0.25) is 0 Å². The van der Waals surface area contributed by atoms with Gasteiger partial charge in [0.25, 0.3) is 0 Å². The van der Waals surface area contributed by atoms with Crippen LogP contribution in [0.1, 0.15) is 26.5 Å². The van der Waals surface area contributed by atoms with Gasteiger partial charge in [0.2, 0.25) is 8.32 Å². The number of hydrogen-bond acceptors (Lipinski definition) is 3. The minimum absolute atomic E-state index is 0.156. The molecule has 0 atom stereocenters. The molecule has 19 heavy (non-hydrogen) atoms. The Hall–Kier alpha value is -1.42. The molecular weight excluding hydrogens is 256 g/mol. The standard InChI is InChI=1S/C15H22O3Si/c1-10-14(16)12-8-7-11(9-13(12)17-10)18-19(5,6)15(2,3)4/h7-9,16H,1-6H3. The fraction of sp³-hybridized carbons (Fsp3) is 0.467. The van der Waals surface area contributed by atoms with Gasteiger partial charge in [-0.05, 0) is 37.2 Å². The van der Waals surface area contributed by atoms with E-state index in [1.54, 1.807) is 6.92 Å². The molecule has 2 aromatic rings. The number of benzene rings is 1. The maximum atomic E-state index is 9.83. The summed E-state index contributed by atoms with van der Waals surface area (Å²) in [7, 11) is -1.84. The molecule has 0 unspecified atom stereocenters. The summed E-state index contributed by atoms with van der Waals surface area (Å²) in [6, 6.07) is 5.61. The predicted octanol–water partition coefficient (Wildman–Crippen LogP) is 4.83. The molecule has 0 spiro atoms. The van der Waals surface area contributed by atoms with Crippen LogP contribution in [-0.4, -0.2) is 13.4 Å². The van der Waals surface area contributed by atoms with Gasteiger partial charge in [-0.15, -0.1) is 0 Å². The van der Waals surface area contributed by atoms with Crippen LogP contribution in [0.15, 0.2) is 22.6 Å². The molecule has 0 bridgehead atoms. The number of rotatable bonds is 2. The summed E-state index contributed by atoms with van der Waals surface area (Å²) in [5, 5.41) is 10.7. The largest absolute Gasteiger partial charge is 0.543 e. The van der Waals surface area contributed by atoms with Crippen molar-refractivity contribution in [2.24, 2.45) is 0 Å². The summed E-state index contributed by atoms with van der Waals surface area (Å²) in [5.41, 5.74) is 0.672. The molecule has 1 heterocycles. The van der Waals surface area contributed by atoms with Crippen LogP contribution in [0.4, 0.5) is 0 Å². The van der Waals surface area contributed by atoms with E-state index in [2.05, 4.69) is 33.9 Å². The molecule has 104 valence electrons. The summed E-state index contributed by atoms with van der Waals surface area (Å²) in [6.07, 6.45) is 0. The minimum Gasteiger partial charge on any atom is -0.543 e. The van der Waals surface area contributed by atoms with Gasteiger partial charge in [-0.1, -0.05) is 20.8 Å². The molecule has 0 fully saturated rings. The van der Waals surface area contributed by atoms with Crippen LogP contribution < -0.4 is 4.43 Å². The Balaban J connectivity index is 2.37. The summed E-state index contributed by atoms with van der Waals surface area (Å²) >= 11 is 0. The minimum atomic E-state index is -1.84. The fourth-order valence-electron chi connectivity index (χ4n) is 1.70. The zero-order valence-corrected chi connectivity index (χ0v) is 13.5. The monoisotopic (exact) mass is 278 g/mol. The molecule has 0 radical (unpaired) electrons. The first-order chi connectivity index (χ1) is 8.62. The topological polar surface area (TPSA) is 42.6 Å². The molecule has 1 aromatic heterocycles. The van der Waals surface area contributed by atoms with Crippen LogP contribution >= 0.6 is 0 Å². The average Bonchev–Trinajstić information content (AvgIpc) is 2.52. The van der Waals surface area contributed by atoms with Crippen molar-refractivity contribution in [3.05, 3.63) is 24.0 Å². The van der Waals surface area contributed by atoms with Crippen LogP contribution in [-0.2, 0) is 0 Å². The van der Waals surface area contributed by atoms with Crippen LogP contribution in [0.25, 0.3) is 11.0 Å². The molecule has 0 saturated heterocycles. The highest BCUT2D eigenvalue weighted by atomic mass is 28.4. The fourth-order valence-corrected chi connectivity index (χ4v) is 2.72. The smallest absolute Gasteiger partial charge is 0.250 e. The predicted molar refractivity (Wildman–Crippen MR) is 80.4 cm³/mol. The van der Waals surface area contributed by atoms with Gasteiger partial charge in [0.05, 0.1) is 5.39 Å². The Labute approximate surface area is 115 Å². The molecular formula is C15H22O3Si. The van der Waals surface area contributed by atoms with Crippen molar-refractivity contribution in [2.45, 2.75) is 45.8 Å². The van der Waals surface area contributed by atoms with E-state index in [1.165, 1.54) is 0 Å². The van der Waals surface area contributed by atoms with Crippen molar-refractivity contribution in [2.75, 3.05) is 0 Å². The zero-order valence-electron chi connectivity index (χ0n) is 12.5. The lowest BCUT2D eigenvalue weighted by Gasteiger charge is -2.36. The molecule has 0 amide bonds. The van der Waals surface area contributed by atoms with E-state index in [4.69, 9.17) is 8.84 Å². The SMILES string of the molecule is Cc1oc2cc(O[Si](C)(C)C(C)(C)C)ccc2c1O. The normalized spacial score (nSPS) is 12.9. The maximum absolute atomic E-state index is 9.83. The first-order valence-electron chi connectivity index (χ1n) is 6.53. The van der Waals surface area contributed by atoms with Gasteiger partial charge in [-0.25, -0.2) is 0 Å². The van der Waals surface area contributed by atoms with Crippen molar-refractivity contribution in [1.82, 2.24) is 0 Å². The quantitative estimate of drug-likeness (QED) is 0.800. The van der Waals surface area contributed by atoms with Crippen LogP contribution in [0.2, 0.25) is 18.1 Å². The van der Waals surface area contributed by atoms with E-state index in [0.29, 0.717) is 11.3 Å². The van der Waals surface area contributed by atoms with E-state index in [0.717, 1.165) is 11.1 Å². The second-order valence-electron chi connectivity index (χ2n) is 6.53. The van der Waals surface area contributed by atoms with Crippen LogP contribution in [0.3, 0.4) is 0 Å². The summed E-state index contributed by atoms with van der Waals surface area (Å²) in [6.45, 7) is 12.8. The van der Waals surface area contributed by atoms with Gasteiger partial charge in [0.15, 0.2) is 5.75 Å². The van der Waals surface area contributed by atoms with Crippen molar-refractivity contribution in [3.63, 3.8) is 0 Å². The van der Waals surface area contributed by atoms with E-state index in [-0.39, 0.29) is 10.8 Å². The molecule has 3 nitrogen and oxygen atoms in total. The summed E-state index contributed by atoms with van der Waals surface area (Å²) < 4.78 is 11.7. The Bertz CT molecular complexity index is 606. The van der Waals surface area contributed by atoms with E-state index in [1.807, 2.05) is 18.2 Å². The first kappa shape index (κ1) is 14.0. The van der Waals surface area contributed by atoms with Gasteiger partial charge in [-0.2, -0.15) is 0 Å². The Morgan fingerprint density at radius 3 is 2.42 bits per heavy atom. The Morgan fingerprint density at radius 2 is 1.84 bits per heavy atom. The third kappa shape index (κ3) is 2.49. The first-order valence-corrected chi connectivity index (χ1v) is 9.44. The number of aromatic hydroxyl groups is 1. The lowest BCUT2D eigenvalue weighted by Crippen LogP contribution is -2.43. The molecule has 0 aliphatic heterocycles. The Morgan fingerprint density at radius 1 is 1.21 bits per heavy atom. The van der Waals surface area contributed by atoms with E-state index < -0.39 is 8.32 Å². The average molecular weight is 278 g/mol. The summed E-state index contributed by atoms with van der Waals surface area (Å²) in [4.78, 5) is 0. The highest BCUT2D eigenvalue weighted by Gasteiger charge is 2.39.